The van der Waals surface area contributed by atoms with E-state index in [2.05, 4.69) is 62.6 Å². The quantitative estimate of drug-likeness (QED) is 0.163. The summed E-state index contributed by atoms with van der Waals surface area (Å²) in [7, 11) is 0. The Morgan fingerprint density at radius 1 is 1.02 bits per heavy atom. The largest absolute Gasteiger partial charge is 0.573 e. The monoisotopic (exact) mass is 662 g/mol. The Kier molecular flexibility index (Phi) is 10.3. The van der Waals surface area contributed by atoms with Gasteiger partial charge in [0, 0.05) is 22.7 Å². The Bertz CT molecular complexity index is 1890. The molecule has 2 heterocycles. The zero-order valence-corrected chi connectivity index (χ0v) is 27.7. The van der Waals surface area contributed by atoms with Crippen molar-refractivity contribution >= 4 is 17.4 Å². The fraction of sp³-hybridized carbons (Fsp3) is 0.314. The molecule has 3 aromatic carbocycles. The summed E-state index contributed by atoms with van der Waals surface area (Å²) in [5.41, 5.74) is 7.07. The Morgan fingerprint density at radius 3 is 2.43 bits per heavy atom. The second kappa shape index (κ2) is 14.4. The number of hydrogen-bond donors (Lipinski definition) is 1. The number of benzene rings is 3. The third-order valence-corrected chi connectivity index (χ3v) is 8.65. The molecule has 0 bridgehead atoms. The summed E-state index contributed by atoms with van der Waals surface area (Å²) in [4.78, 5) is 22.4. The molecule has 2 aromatic heterocycles. The van der Waals surface area contributed by atoms with Crippen LogP contribution in [0, 0.1) is 13.8 Å². The van der Waals surface area contributed by atoms with Gasteiger partial charge in [-0.25, -0.2) is 14.5 Å². The second-order valence-corrected chi connectivity index (χ2v) is 12.6. The highest BCUT2D eigenvalue weighted by Crippen LogP contribution is 2.27. The van der Waals surface area contributed by atoms with Gasteiger partial charge in [0.2, 0.25) is 0 Å². The van der Waals surface area contributed by atoms with E-state index in [1.165, 1.54) is 57.7 Å². The van der Waals surface area contributed by atoms with Crippen molar-refractivity contribution in [2.45, 2.75) is 72.2 Å². The average molecular weight is 663 g/mol. The minimum atomic E-state index is -4.74. The lowest BCUT2D eigenvalue weighted by Gasteiger charge is -2.18. The number of rotatable bonds is 10. The summed E-state index contributed by atoms with van der Waals surface area (Å²) in [6.07, 6.45) is -0.731. The van der Waals surface area contributed by atoms with Crippen molar-refractivity contribution in [1.82, 2.24) is 24.6 Å². The van der Waals surface area contributed by atoms with Crippen LogP contribution in [-0.4, -0.2) is 37.8 Å². The molecule has 2 amide bonds. The number of nitrogens with zero attached hydrogens (tertiary/aromatic N) is 5. The lowest BCUT2D eigenvalue weighted by molar-refractivity contribution is -0.274. The number of carbonyl (C=O) groups excluding carboxylic acids is 1. The first-order valence-corrected chi connectivity index (χ1v) is 16.3. The molecule has 1 N–H and O–H groups in total. The van der Waals surface area contributed by atoms with Crippen molar-refractivity contribution in [1.29, 1.82) is 0 Å². The summed E-state index contributed by atoms with van der Waals surface area (Å²) < 4.78 is 44.8. The maximum absolute atomic E-state index is 12.9. The predicted molar refractivity (Wildman–Crippen MR) is 177 cm³/mol. The summed E-state index contributed by atoms with van der Waals surface area (Å²) >= 11 is 1.46. The molecule has 0 fully saturated rings. The molecule has 0 aliphatic rings. The van der Waals surface area contributed by atoms with Gasteiger partial charge >= 0.3 is 12.4 Å². The number of hydrogen-bond acceptors (Lipinski definition) is 5. The van der Waals surface area contributed by atoms with Crippen molar-refractivity contribution in [2.75, 3.05) is 0 Å². The molecule has 1 unspecified atom stereocenters. The van der Waals surface area contributed by atoms with Crippen LogP contribution in [0.5, 0.6) is 5.75 Å². The highest BCUT2D eigenvalue weighted by Gasteiger charge is 2.31. The molecule has 1 atom stereocenters. The number of ether oxygens (including phenoxy) is 1. The van der Waals surface area contributed by atoms with Crippen LogP contribution in [0.2, 0.25) is 0 Å². The van der Waals surface area contributed by atoms with Gasteiger partial charge in [-0.2, -0.15) is 4.99 Å². The van der Waals surface area contributed by atoms with Crippen LogP contribution < -0.4 is 14.9 Å². The second-order valence-electron chi connectivity index (χ2n) is 11.8. The van der Waals surface area contributed by atoms with Gasteiger partial charge in [-0.05, 0) is 93.0 Å². The van der Waals surface area contributed by atoms with Crippen molar-refractivity contribution in [3.05, 3.63) is 106 Å². The maximum Gasteiger partial charge on any atom is 0.573 e. The number of amides is 2. The molecule has 0 saturated heterocycles. The number of urea groups is 1. The number of aryl methyl sites for hydroxylation is 3. The van der Waals surface area contributed by atoms with Crippen molar-refractivity contribution in [2.24, 2.45) is 4.99 Å². The van der Waals surface area contributed by atoms with Gasteiger partial charge in [0.15, 0.2) is 10.6 Å². The molecule has 8 nitrogen and oxygen atoms in total. The lowest BCUT2D eigenvalue weighted by Crippen LogP contribution is -2.32. The molecule has 246 valence electrons. The molecule has 12 heteroatoms. The Hall–Kier alpha value is -4.71. The first-order valence-electron chi connectivity index (χ1n) is 15.4. The van der Waals surface area contributed by atoms with E-state index in [1.54, 1.807) is 0 Å². The van der Waals surface area contributed by atoms with Crippen LogP contribution in [0.1, 0.15) is 61.9 Å². The van der Waals surface area contributed by atoms with E-state index in [1.807, 2.05) is 49.6 Å². The summed E-state index contributed by atoms with van der Waals surface area (Å²) in [6, 6.07) is 19.2. The number of carbonyl (C=O) groups is 1. The van der Waals surface area contributed by atoms with Crippen LogP contribution in [0.25, 0.3) is 22.8 Å². The van der Waals surface area contributed by atoms with Gasteiger partial charge < -0.3 is 10.1 Å². The molecule has 47 heavy (non-hydrogen) atoms. The first kappa shape index (κ1) is 33.6. The van der Waals surface area contributed by atoms with Crippen molar-refractivity contribution < 1.29 is 22.7 Å². The number of thiazole rings is 1. The molecule has 0 radical (unpaired) electrons. The van der Waals surface area contributed by atoms with Crippen LogP contribution in [0.3, 0.4) is 0 Å². The molecule has 0 saturated carbocycles. The summed E-state index contributed by atoms with van der Waals surface area (Å²) in [6.45, 7) is 10.5. The van der Waals surface area contributed by atoms with Crippen LogP contribution in [0.4, 0.5) is 18.0 Å². The van der Waals surface area contributed by atoms with E-state index >= 15 is 0 Å². The average Bonchev–Trinajstić information content (AvgIpc) is 3.64. The first-order chi connectivity index (χ1) is 22.4. The summed E-state index contributed by atoms with van der Waals surface area (Å²) in [5.74, 6) is 0.525. The fourth-order valence-corrected chi connectivity index (χ4v) is 6.39. The zero-order chi connectivity index (χ0) is 33.7. The smallest absolute Gasteiger partial charge is 0.406 e. The normalized spacial score (nSPS) is 12.8. The maximum atomic E-state index is 12.9. The van der Waals surface area contributed by atoms with Gasteiger partial charge in [-0.15, -0.1) is 29.6 Å². The van der Waals surface area contributed by atoms with Gasteiger partial charge in [0.05, 0.1) is 11.4 Å². The predicted octanol–water partition coefficient (Wildman–Crippen LogP) is 8.45. The van der Waals surface area contributed by atoms with E-state index < -0.39 is 6.36 Å². The van der Waals surface area contributed by atoms with Crippen LogP contribution in [-0.2, 0) is 6.42 Å². The lowest BCUT2D eigenvalue weighted by atomic mass is 9.96. The van der Waals surface area contributed by atoms with Gasteiger partial charge in [0.25, 0.3) is 0 Å². The zero-order valence-electron chi connectivity index (χ0n) is 26.9. The molecular formula is C35H37F3N6O2S. The number of alkyl halides is 3. The Labute approximate surface area is 275 Å². The van der Waals surface area contributed by atoms with Crippen LogP contribution in [0.15, 0.2) is 83.4 Å². The number of halogens is 3. The minimum absolute atomic E-state index is 0.0486. The molecule has 0 aliphatic heterocycles. The van der Waals surface area contributed by atoms with E-state index in [0.717, 1.165) is 41.8 Å². The SMILES string of the molecule is Cc1cccc(-n2c(C)cs/c2=N\C(=O)NC(C)CCCc2ccc(-c3ncn(-c4ccc(OC(F)(F)F)cc4)n3)cc2)c1C(C)C. The fourth-order valence-electron chi connectivity index (χ4n) is 5.53. The van der Waals surface area contributed by atoms with E-state index in [9.17, 15) is 18.0 Å². The van der Waals surface area contributed by atoms with Gasteiger partial charge in [0.1, 0.15) is 12.1 Å². The van der Waals surface area contributed by atoms with Crippen LogP contribution >= 0.6 is 11.3 Å². The third-order valence-electron chi connectivity index (χ3n) is 7.71. The molecular weight excluding hydrogens is 625 g/mol. The van der Waals surface area contributed by atoms with Gasteiger partial charge in [-0.3, -0.25) is 4.57 Å². The molecule has 5 rings (SSSR count). The van der Waals surface area contributed by atoms with Crippen molar-refractivity contribution in [3.8, 4) is 28.5 Å². The molecule has 0 aliphatic carbocycles. The van der Waals surface area contributed by atoms with Crippen molar-refractivity contribution in [3.63, 3.8) is 0 Å². The van der Waals surface area contributed by atoms with E-state index in [0.29, 0.717) is 22.2 Å². The Balaban J connectivity index is 1.15. The van der Waals surface area contributed by atoms with Gasteiger partial charge in [-0.1, -0.05) is 50.2 Å². The Morgan fingerprint density at radius 2 is 1.74 bits per heavy atom. The highest BCUT2D eigenvalue weighted by molar-refractivity contribution is 7.07. The minimum Gasteiger partial charge on any atom is -0.406 e. The van der Waals surface area contributed by atoms with E-state index in [4.69, 9.17) is 0 Å². The molecule has 5 aromatic rings. The number of aromatic nitrogens is 4. The van der Waals surface area contributed by atoms with E-state index in [-0.39, 0.29) is 17.8 Å². The molecule has 0 spiro atoms. The highest BCUT2D eigenvalue weighted by atomic mass is 32.1. The number of nitrogens with one attached hydrogen (secondary N) is 1. The standard InChI is InChI=1S/C35H37F3N6O2S/c1-22(2)31-23(3)8-6-11-30(31)44-25(5)20-47-34(44)41-33(45)40-24(4)9-7-10-26-12-14-27(15-13-26)32-39-21-43(42-32)28-16-18-29(19-17-28)46-35(36,37)38/h6,8,11-22,24H,7,9-10H2,1-5H3,(H,40,45)/b41-34-. The topological polar surface area (TPSA) is 86.3 Å². The summed E-state index contributed by atoms with van der Waals surface area (Å²) in [5, 5.41) is 9.50. The third kappa shape index (κ3) is 8.56.